The molecule has 0 radical (unpaired) electrons. The summed E-state index contributed by atoms with van der Waals surface area (Å²) in [6.07, 6.45) is 5.71. The lowest BCUT2D eigenvalue weighted by molar-refractivity contribution is 0.0449. The summed E-state index contributed by atoms with van der Waals surface area (Å²) >= 11 is 0. The second kappa shape index (κ2) is 4.79. The number of aromatic nitrogens is 1. The number of aliphatic hydroxyl groups is 1. The predicted octanol–water partition coefficient (Wildman–Crippen LogP) is 1.26. The van der Waals surface area contributed by atoms with Gasteiger partial charge in [0.25, 0.3) is 5.91 Å². The number of rotatable bonds is 3. The Bertz CT molecular complexity index is 417. The molecule has 0 bridgehead atoms. The summed E-state index contributed by atoms with van der Waals surface area (Å²) in [7, 11) is 0. The van der Waals surface area contributed by atoms with Crippen LogP contribution >= 0.6 is 0 Å². The maximum Gasteiger partial charge on any atom is 0.253 e. The third kappa shape index (κ3) is 3.00. The Balaban J connectivity index is 1.93. The average Bonchev–Trinajstić information content (AvgIpc) is 2.74. The minimum atomic E-state index is -0.795. The lowest BCUT2D eigenvalue weighted by Crippen LogP contribution is -2.40. The van der Waals surface area contributed by atoms with Gasteiger partial charge in [-0.15, -0.1) is 0 Å². The Kier molecular flexibility index (Phi) is 3.38. The Morgan fingerprint density at radius 2 is 2.18 bits per heavy atom. The van der Waals surface area contributed by atoms with Crippen LogP contribution in [-0.2, 0) is 0 Å². The quantitative estimate of drug-likeness (QED) is 0.833. The number of hydrogen-bond donors (Lipinski definition) is 2. The maximum atomic E-state index is 12.9. The SMILES string of the molecule is O=C(NCC1(O)CCCC1)c1cncc(F)c1. The van der Waals surface area contributed by atoms with E-state index in [2.05, 4.69) is 10.3 Å². The largest absolute Gasteiger partial charge is 0.388 e. The Labute approximate surface area is 98.9 Å². The van der Waals surface area contributed by atoms with Crippen LogP contribution < -0.4 is 5.32 Å². The van der Waals surface area contributed by atoms with Gasteiger partial charge < -0.3 is 10.4 Å². The van der Waals surface area contributed by atoms with Gasteiger partial charge in [-0.2, -0.15) is 0 Å². The molecule has 1 aromatic heterocycles. The first-order valence-electron chi connectivity index (χ1n) is 5.70. The number of amides is 1. The van der Waals surface area contributed by atoms with E-state index in [1.807, 2.05) is 0 Å². The second-order valence-electron chi connectivity index (χ2n) is 4.51. The van der Waals surface area contributed by atoms with Crippen molar-refractivity contribution in [2.75, 3.05) is 6.54 Å². The van der Waals surface area contributed by atoms with Crippen LogP contribution in [0.5, 0.6) is 0 Å². The molecular formula is C12H15FN2O2. The number of pyridine rings is 1. The van der Waals surface area contributed by atoms with E-state index in [9.17, 15) is 14.3 Å². The third-order valence-corrected chi connectivity index (χ3v) is 3.08. The van der Waals surface area contributed by atoms with Crippen LogP contribution in [0.3, 0.4) is 0 Å². The Morgan fingerprint density at radius 1 is 1.47 bits per heavy atom. The number of carbonyl (C=O) groups is 1. The molecule has 1 aliphatic carbocycles. The smallest absolute Gasteiger partial charge is 0.253 e. The van der Waals surface area contributed by atoms with E-state index < -0.39 is 17.3 Å². The van der Waals surface area contributed by atoms with Crippen molar-refractivity contribution in [3.63, 3.8) is 0 Å². The van der Waals surface area contributed by atoms with Gasteiger partial charge in [-0.3, -0.25) is 9.78 Å². The van der Waals surface area contributed by atoms with Crippen LogP contribution in [0.1, 0.15) is 36.0 Å². The molecular weight excluding hydrogens is 223 g/mol. The first-order valence-corrected chi connectivity index (χ1v) is 5.70. The maximum absolute atomic E-state index is 12.9. The van der Waals surface area contributed by atoms with Crippen LogP contribution in [-0.4, -0.2) is 28.1 Å². The van der Waals surface area contributed by atoms with Gasteiger partial charge in [0.1, 0.15) is 5.82 Å². The number of hydrogen-bond acceptors (Lipinski definition) is 3. The van der Waals surface area contributed by atoms with Gasteiger partial charge in [0.15, 0.2) is 0 Å². The fraction of sp³-hybridized carbons (Fsp3) is 0.500. The molecule has 1 aromatic rings. The fourth-order valence-corrected chi connectivity index (χ4v) is 2.09. The summed E-state index contributed by atoms with van der Waals surface area (Å²) in [6.45, 7) is 0.211. The summed E-state index contributed by atoms with van der Waals surface area (Å²) < 4.78 is 12.9. The third-order valence-electron chi connectivity index (χ3n) is 3.08. The molecule has 4 nitrogen and oxygen atoms in total. The van der Waals surface area contributed by atoms with E-state index in [4.69, 9.17) is 0 Å². The van der Waals surface area contributed by atoms with Crippen LogP contribution in [0, 0.1) is 5.82 Å². The van der Waals surface area contributed by atoms with Crippen LogP contribution in [0.4, 0.5) is 4.39 Å². The number of halogens is 1. The van der Waals surface area contributed by atoms with E-state index in [0.717, 1.165) is 25.1 Å². The normalized spacial score (nSPS) is 18.0. The minimum Gasteiger partial charge on any atom is -0.388 e. The highest BCUT2D eigenvalue weighted by molar-refractivity contribution is 5.93. The molecule has 0 atom stereocenters. The number of nitrogens with one attached hydrogen (secondary N) is 1. The van der Waals surface area contributed by atoms with Crippen molar-refractivity contribution in [1.29, 1.82) is 0 Å². The summed E-state index contributed by atoms with van der Waals surface area (Å²) in [6, 6.07) is 1.13. The summed E-state index contributed by atoms with van der Waals surface area (Å²) in [5.74, 6) is -0.949. The number of carbonyl (C=O) groups excluding carboxylic acids is 1. The first-order chi connectivity index (χ1) is 8.09. The van der Waals surface area contributed by atoms with Crippen LogP contribution in [0.2, 0.25) is 0 Å². The Morgan fingerprint density at radius 3 is 2.82 bits per heavy atom. The van der Waals surface area contributed by atoms with E-state index in [-0.39, 0.29) is 12.1 Å². The molecule has 1 amide bonds. The van der Waals surface area contributed by atoms with Gasteiger partial charge in [-0.1, -0.05) is 12.8 Å². The average molecular weight is 238 g/mol. The summed E-state index contributed by atoms with van der Waals surface area (Å²) in [5, 5.41) is 12.7. The molecule has 0 aliphatic heterocycles. The molecule has 1 aliphatic rings. The zero-order chi connectivity index (χ0) is 12.3. The summed E-state index contributed by atoms with van der Waals surface area (Å²) in [5.41, 5.74) is -0.622. The standard InChI is InChI=1S/C12H15FN2O2/c13-10-5-9(6-14-7-10)11(16)15-8-12(17)3-1-2-4-12/h5-7,17H,1-4,8H2,(H,15,16). The highest BCUT2D eigenvalue weighted by Gasteiger charge is 2.31. The van der Waals surface area contributed by atoms with Gasteiger partial charge in [0.05, 0.1) is 17.4 Å². The van der Waals surface area contributed by atoms with Crippen molar-refractivity contribution >= 4 is 5.91 Å². The van der Waals surface area contributed by atoms with Crippen molar-refractivity contribution in [2.24, 2.45) is 0 Å². The molecule has 1 fully saturated rings. The van der Waals surface area contributed by atoms with Gasteiger partial charge in [0, 0.05) is 12.7 Å². The summed E-state index contributed by atoms with van der Waals surface area (Å²) in [4.78, 5) is 15.3. The zero-order valence-corrected chi connectivity index (χ0v) is 9.45. The molecule has 0 unspecified atom stereocenters. The molecule has 17 heavy (non-hydrogen) atoms. The molecule has 1 heterocycles. The lowest BCUT2D eigenvalue weighted by Gasteiger charge is -2.22. The molecule has 0 aromatic carbocycles. The van der Waals surface area contributed by atoms with Gasteiger partial charge in [-0.05, 0) is 18.9 Å². The van der Waals surface area contributed by atoms with Gasteiger partial charge in [-0.25, -0.2) is 4.39 Å². The van der Waals surface area contributed by atoms with Gasteiger partial charge >= 0.3 is 0 Å². The van der Waals surface area contributed by atoms with Crippen molar-refractivity contribution in [1.82, 2.24) is 10.3 Å². The van der Waals surface area contributed by atoms with E-state index >= 15 is 0 Å². The molecule has 1 saturated carbocycles. The molecule has 5 heteroatoms. The monoisotopic (exact) mass is 238 g/mol. The fourth-order valence-electron chi connectivity index (χ4n) is 2.09. The topological polar surface area (TPSA) is 62.2 Å². The lowest BCUT2D eigenvalue weighted by atomic mass is 10.0. The molecule has 2 N–H and O–H groups in total. The first kappa shape index (κ1) is 12.0. The van der Waals surface area contributed by atoms with E-state index in [1.54, 1.807) is 0 Å². The number of nitrogens with zero attached hydrogens (tertiary/aromatic N) is 1. The van der Waals surface area contributed by atoms with Crippen molar-refractivity contribution in [2.45, 2.75) is 31.3 Å². The molecule has 0 saturated heterocycles. The predicted molar refractivity (Wildman–Crippen MR) is 59.9 cm³/mol. The molecule has 0 spiro atoms. The molecule has 2 rings (SSSR count). The highest BCUT2D eigenvalue weighted by atomic mass is 19.1. The van der Waals surface area contributed by atoms with Crippen molar-refractivity contribution in [3.8, 4) is 0 Å². The minimum absolute atomic E-state index is 0.173. The van der Waals surface area contributed by atoms with Crippen LogP contribution in [0.25, 0.3) is 0 Å². The van der Waals surface area contributed by atoms with Crippen LogP contribution in [0.15, 0.2) is 18.5 Å². The second-order valence-corrected chi connectivity index (χ2v) is 4.51. The van der Waals surface area contributed by atoms with E-state index in [1.165, 1.54) is 6.20 Å². The van der Waals surface area contributed by atoms with Crippen molar-refractivity contribution < 1.29 is 14.3 Å². The molecule has 92 valence electrons. The zero-order valence-electron chi connectivity index (χ0n) is 9.45. The Hall–Kier alpha value is -1.49. The van der Waals surface area contributed by atoms with Gasteiger partial charge in [0.2, 0.25) is 0 Å². The highest BCUT2D eigenvalue weighted by Crippen LogP contribution is 2.28. The van der Waals surface area contributed by atoms with E-state index in [0.29, 0.717) is 12.8 Å². The van der Waals surface area contributed by atoms with Crippen molar-refractivity contribution in [3.05, 3.63) is 29.8 Å².